The summed E-state index contributed by atoms with van der Waals surface area (Å²) in [6.07, 6.45) is 6.08. The van der Waals surface area contributed by atoms with Crippen LogP contribution in [0, 0.1) is 5.92 Å². The third-order valence-electron chi connectivity index (χ3n) is 4.69. The first-order chi connectivity index (χ1) is 11.2. The van der Waals surface area contributed by atoms with E-state index in [4.69, 9.17) is 4.74 Å². The summed E-state index contributed by atoms with van der Waals surface area (Å²) in [5, 5.41) is 5.78. The van der Waals surface area contributed by atoms with Gasteiger partial charge in [0.2, 0.25) is 11.8 Å². The molecule has 1 saturated carbocycles. The number of para-hydroxylation sites is 1. The van der Waals surface area contributed by atoms with Gasteiger partial charge in [-0.1, -0.05) is 37.5 Å². The Bertz CT molecular complexity index is 567. The monoisotopic (exact) mass is 316 g/mol. The summed E-state index contributed by atoms with van der Waals surface area (Å²) in [5.41, 5.74) is 1.01. The number of nitrogens with one attached hydrogen (secondary N) is 2. The smallest absolute Gasteiger partial charge is 0.239 e. The molecule has 5 nitrogen and oxygen atoms in total. The number of carbonyl (C=O) groups is 2. The van der Waals surface area contributed by atoms with Crippen molar-refractivity contribution in [3.8, 4) is 5.75 Å². The largest absolute Gasteiger partial charge is 0.493 e. The van der Waals surface area contributed by atoms with Crippen molar-refractivity contribution in [2.24, 2.45) is 5.92 Å². The predicted octanol–water partition coefficient (Wildman–Crippen LogP) is 2.32. The van der Waals surface area contributed by atoms with Crippen LogP contribution in [0.1, 0.15) is 50.1 Å². The molecular formula is C18H24N2O3. The molecule has 0 radical (unpaired) electrons. The van der Waals surface area contributed by atoms with Crippen molar-refractivity contribution in [3.05, 3.63) is 29.8 Å². The Labute approximate surface area is 136 Å². The highest BCUT2D eigenvalue weighted by molar-refractivity contribution is 5.86. The van der Waals surface area contributed by atoms with E-state index >= 15 is 0 Å². The molecule has 1 heterocycles. The van der Waals surface area contributed by atoms with E-state index in [9.17, 15) is 9.59 Å². The molecule has 124 valence electrons. The molecule has 1 aromatic carbocycles. The average molecular weight is 316 g/mol. The number of hydrogen-bond acceptors (Lipinski definition) is 3. The maximum Gasteiger partial charge on any atom is 0.239 e. The van der Waals surface area contributed by atoms with Gasteiger partial charge in [0.1, 0.15) is 5.75 Å². The lowest BCUT2D eigenvalue weighted by Gasteiger charge is -2.27. The zero-order valence-electron chi connectivity index (χ0n) is 13.3. The first-order valence-electron chi connectivity index (χ1n) is 8.53. The minimum atomic E-state index is -0.143. The minimum Gasteiger partial charge on any atom is -0.493 e. The first-order valence-corrected chi connectivity index (χ1v) is 8.53. The van der Waals surface area contributed by atoms with E-state index in [2.05, 4.69) is 10.6 Å². The van der Waals surface area contributed by atoms with Crippen LogP contribution in [0.3, 0.4) is 0 Å². The molecule has 2 amide bonds. The van der Waals surface area contributed by atoms with Gasteiger partial charge in [0.15, 0.2) is 0 Å². The highest BCUT2D eigenvalue weighted by Gasteiger charge is 2.24. The molecule has 1 aliphatic carbocycles. The number of amides is 2. The summed E-state index contributed by atoms with van der Waals surface area (Å²) < 4.78 is 5.59. The van der Waals surface area contributed by atoms with Gasteiger partial charge in [-0.2, -0.15) is 0 Å². The van der Waals surface area contributed by atoms with Gasteiger partial charge in [0.05, 0.1) is 19.2 Å². The molecule has 1 atom stereocenters. The average Bonchev–Trinajstić information content (AvgIpc) is 2.61. The SMILES string of the molecule is O=C(CNC(=O)C1CCCCC1)N[C@H]1CCOc2ccccc21. The molecule has 0 saturated heterocycles. The Hall–Kier alpha value is -2.04. The number of fused-ring (bicyclic) bond motifs is 1. The Morgan fingerprint density at radius 2 is 1.87 bits per heavy atom. The number of carbonyl (C=O) groups excluding carboxylic acids is 2. The van der Waals surface area contributed by atoms with E-state index in [1.165, 1.54) is 6.42 Å². The lowest BCUT2D eigenvalue weighted by Crippen LogP contribution is -2.42. The molecule has 2 N–H and O–H groups in total. The number of ether oxygens (including phenoxy) is 1. The van der Waals surface area contributed by atoms with Crippen LogP contribution in [0.4, 0.5) is 0 Å². The quantitative estimate of drug-likeness (QED) is 0.896. The predicted molar refractivity (Wildman–Crippen MR) is 87.0 cm³/mol. The minimum absolute atomic E-state index is 0.0206. The van der Waals surface area contributed by atoms with Crippen molar-refractivity contribution in [1.82, 2.24) is 10.6 Å². The van der Waals surface area contributed by atoms with Crippen molar-refractivity contribution < 1.29 is 14.3 Å². The molecular weight excluding hydrogens is 292 g/mol. The van der Waals surface area contributed by atoms with E-state index in [0.29, 0.717) is 6.61 Å². The number of rotatable bonds is 4. The van der Waals surface area contributed by atoms with Gasteiger partial charge in [-0.05, 0) is 18.9 Å². The van der Waals surface area contributed by atoms with E-state index in [1.807, 2.05) is 24.3 Å². The van der Waals surface area contributed by atoms with Gasteiger partial charge in [0.25, 0.3) is 0 Å². The van der Waals surface area contributed by atoms with Gasteiger partial charge in [0, 0.05) is 17.9 Å². The van der Waals surface area contributed by atoms with Gasteiger partial charge in [-0.15, -0.1) is 0 Å². The molecule has 0 bridgehead atoms. The molecule has 1 aliphatic heterocycles. The van der Waals surface area contributed by atoms with E-state index in [-0.39, 0.29) is 30.3 Å². The summed E-state index contributed by atoms with van der Waals surface area (Å²) in [5.74, 6) is 0.790. The fourth-order valence-corrected chi connectivity index (χ4v) is 3.41. The van der Waals surface area contributed by atoms with Crippen molar-refractivity contribution in [2.75, 3.05) is 13.2 Å². The Morgan fingerprint density at radius 3 is 2.70 bits per heavy atom. The van der Waals surface area contributed by atoms with Gasteiger partial charge >= 0.3 is 0 Å². The topological polar surface area (TPSA) is 67.4 Å². The van der Waals surface area contributed by atoms with Crippen LogP contribution in [-0.4, -0.2) is 25.0 Å². The van der Waals surface area contributed by atoms with Crippen molar-refractivity contribution in [3.63, 3.8) is 0 Å². The fraction of sp³-hybridized carbons (Fsp3) is 0.556. The second kappa shape index (κ2) is 7.49. The normalized spacial score (nSPS) is 21.0. The molecule has 23 heavy (non-hydrogen) atoms. The van der Waals surface area contributed by atoms with E-state index < -0.39 is 0 Å². The molecule has 3 rings (SSSR count). The molecule has 2 aliphatic rings. The second-order valence-electron chi connectivity index (χ2n) is 6.35. The van der Waals surface area contributed by atoms with Crippen LogP contribution in [-0.2, 0) is 9.59 Å². The fourth-order valence-electron chi connectivity index (χ4n) is 3.41. The standard InChI is InChI=1S/C18H24N2O3/c21-17(12-19-18(22)13-6-2-1-3-7-13)20-15-10-11-23-16-9-5-4-8-14(15)16/h4-5,8-9,13,15H,1-3,6-7,10-12H2,(H,19,22)(H,20,21)/t15-/m0/s1. The molecule has 0 aromatic heterocycles. The summed E-state index contributed by atoms with van der Waals surface area (Å²) in [6, 6.07) is 7.71. The lowest BCUT2D eigenvalue weighted by atomic mass is 9.89. The number of benzene rings is 1. The Balaban J connectivity index is 1.49. The van der Waals surface area contributed by atoms with Crippen molar-refractivity contribution >= 4 is 11.8 Å². The first kappa shape index (κ1) is 15.8. The Kier molecular flexibility index (Phi) is 5.16. The van der Waals surface area contributed by atoms with E-state index in [0.717, 1.165) is 43.4 Å². The van der Waals surface area contributed by atoms with Gasteiger partial charge in [-0.25, -0.2) is 0 Å². The molecule has 0 spiro atoms. The third-order valence-corrected chi connectivity index (χ3v) is 4.69. The van der Waals surface area contributed by atoms with Crippen LogP contribution in [0.5, 0.6) is 5.75 Å². The summed E-state index contributed by atoms with van der Waals surface area (Å²) in [7, 11) is 0. The zero-order valence-corrected chi connectivity index (χ0v) is 13.3. The number of hydrogen-bond donors (Lipinski definition) is 2. The maximum atomic E-state index is 12.1. The second-order valence-corrected chi connectivity index (χ2v) is 6.35. The maximum absolute atomic E-state index is 12.1. The summed E-state index contributed by atoms with van der Waals surface area (Å²) in [4.78, 5) is 24.2. The van der Waals surface area contributed by atoms with Crippen LogP contribution in [0.15, 0.2) is 24.3 Å². The highest BCUT2D eigenvalue weighted by atomic mass is 16.5. The molecule has 1 aromatic rings. The van der Waals surface area contributed by atoms with Crippen LogP contribution < -0.4 is 15.4 Å². The molecule has 0 unspecified atom stereocenters. The van der Waals surface area contributed by atoms with Crippen LogP contribution in [0.2, 0.25) is 0 Å². The molecule has 5 heteroatoms. The lowest BCUT2D eigenvalue weighted by molar-refractivity contribution is -0.129. The third kappa shape index (κ3) is 4.03. The van der Waals surface area contributed by atoms with Crippen molar-refractivity contribution in [1.29, 1.82) is 0 Å². The van der Waals surface area contributed by atoms with Crippen molar-refractivity contribution in [2.45, 2.75) is 44.6 Å². The van der Waals surface area contributed by atoms with Gasteiger partial charge < -0.3 is 15.4 Å². The summed E-state index contributed by atoms with van der Waals surface area (Å²) in [6.45, 7) is 0.644. The highest BCUT2D eigenvalue weighted by Crippen LogP contribution is 2.31. The van der Waals surface area contributed by atoms with E-state index in [1.54, 1.807) is 0 Å². The van der Waals surface area contributed by atoms with Crippen LogP contribution in [0.25, 0.3) is 0 Å². The molecule has 1 fully saturated rings. The summed E-state index contributed by atoms with van der Waals surface area (Å²) >= 11 is 0. The van der Waals surface area contributed by atoms with Gasteiger partial charge in [-0.3, -0.25) is 9.59 Å². The zero-order chi connectivity index (χ0) is 16.1. The van der Waals surface area contributed by atoms with Crippen LogP contribution >= 0.6 is 0 Å². The Morgan fingerprint density at radius 1 is 1.09 bits per heavy atom.